The molecule has 0 saturated carbocycles. The van der Waals surface area contributed by atoms with Crippen molar-refractivity contribution in [1.82, 2.24) is 21.1 Å². The minimum atomic E-state index is -0.0961. The summed E-state index contributed by atoms with van der Waals surface area (Å²) < 4.78 is 0. The Balaban J connectivity index is 1.44. The molecule has 1 amide bonds. The topological polar surface area (TPSA) is 56.4 Å². The Labute approximate surface area is 149 Å². The van der Waals surface area contributed by atoms with Crippen LogP contribution in [0, 0.1) is 5.92 Å². The van der Waals surface area contributed by atoms with Gasteiger partial charge in [-0.2, -0.15) is 0 Å². The van der Waals surface area contributed by atoms with Gasteiger partial charge in [0.1, 0.15) is 0 Å². The summed E-state index contributed by atoms with van der Waals surface area (Å²) in [4.78, 5) is 15.0. The van der Waals surface area contributed by atoms with Gasteiger partial charge < -0.3 is 10.2 Å². The molecule has 2 fully saturated rings. The maximum atomic E-state index is 12.5. The third kappa shape index (κ3) is 4.70. The van der Waals surface area contributed by atoms with Gasteiger partial charge in [0.25, 0.3) is 0 Å². The summed E-state index contributed by atoms with van der Waals surface area (Å²) in [5.41, 5.74) is 7.39. The number of hydrogen-bond acceptors (Lipinski definition) is 4. The van der Waals surface area contributed by atoms with Gasteiger partial charge in [-0.15, -0.1) is 0 Å². The molecule has 24 heavy (non-hydrogen) atoms. The van der Waals surface area contributed by atoms with E-state index in [1.54, 1.807) is 0 Å². The third-order valence-electron chi connectivity index (χ3n) is 4.95. The average molecular weight is 351 g/mol. The molecule has 2 aliphatic heterocycles. The number of hydrazine groups is 1. The zero-order valence-corrected chi connectivity index (χ0v) is 14.8. The van der Waals surface area contributed by atoms with Crippen molar-refractivity contribution in [3.8, 4) is 0 Å². The number of benzene rings is 1. The van der Waals surface area contributed by atoms with E-state index in [2.05, 4.69) is 21.1 Å². The third-order valence-corrected chi connectivity index (χ3v) is 5.20. The number of amides is 1. The number of nitrogens with zero attached hydrogens (tertiary/aromatic N) is 1. The van der Waals surface area contributed by atoms with Crippen LogP contribution in [0.3, 0.4) is 0 Å². The Hall–Kier alpha value is -1.14. The summed E-state index contributed by atoms with van der Waals surface area (Å²) >= 11 is 5.95. The predicted octanol–water partition coefficient (Wildman–Crippen LogP) is 2.10. The smallest absolute Gasteiger partial charge is 0.226 e. The summed E-state index contributed by atoms with van der Waals surface area (Å²) in [5.74, 6) is 0.0206. The molecule has 2 heterocycles. The van der Waals surface area contributed by atoms with Crippen LogP contribution in [0.15, 0.2) is 24.3 Å². The van der Waals surface area contributed by atoms with E-state index in [1.807, 2.05) is 24.3 Å². The highest BCUT2D eigenvalue weighted by Crippen LogP contribution is 2.26. The van der Waals surface area contributed by atoms with Crippen LogP contribution < -0.4 is 16.2 Å². The van der Waals surface area contributed by atoms with E-state index in [1.165, 1.54) is 32.4 Å². The van der Waals surface area contributed by atoms with Crippen molar-refractivity contribution < 1.29 is 4.79 Å². The fourth-order valence-electron chi connectivity index (χ4n) is 3.56. The Kier molecular flexibility index (Phi) is 6.49. The Morgan fingerprint density at radius 2 is 1.96 bits per heavy atom. The fraction of sp³-hybridized carbons (Fsp3) is 0.611. The zero-order chi connectivity index (χ0) is 16.8. The van der Waals surface area contributed by atoms with Gasteiger partial charge in [0.15, 0.2) is 0 Å². The number of carbonyl (C=O) groups is 1. The maximum absolute atomic E-state index is 12.5. The number of hydrogen-bond donors (Lipinski definition) is 3. The molecule has 5 nitrogen and oxygen atoms in total. The number of likely N-dealkylation sites (tertiary alicyclic amines) is 1. The molecule has 1 aromatic carbocycles. The van der Waals surface area contributed by atoms with Crippen molar-refractivity contribution in [1.29, 1.82) is 0 Å². The molecule has 0 aromatic heterocycles. The second kappa shape index (κ2) is 8.81. The van der Waals surface area contributed by atoms with Crippen LogP contribution in [-0.4, -0.2) is 43.5 Å². The summed E-state index contributed by atoms with van der Waals surface area (Å²) in [7, 11) is 0. The van der Waals surface area contributed by atoms with Gasteiger partial charge in [-0.05, 0) is 56.6 Å². The molecule has 0 bridgehead atoms. The first-order chi connectivity index (χ1) is 11.7. The monoisotopic (exact) mass is 350 g/mol. The SMILES string of the molecule is O=C(NCCCN1CCCCC1)C1CNNC1c1ccc(Cl)cc1. The van der Waals surface area contributed by atoms with E-state index in [-0.39, 0.29) is 17.9 Å². The highest BCUT2D eigenvalue weighted by Gasteiger charge is 2.33. The van der Waals surface area contributed by atoms with E-state index in [9.17, 15) is 4.79 Å². The Morgan fingerprint density at radius 1 is 1.21 bits per heavy atom. The molecule has 2 atom stereocenters. The van der Waals surface area contributed by atoms with E-state index < -0.39 is 0 Å². The van der Waals surface area contributed by atoms with Crippen LogP contribution in [0.2, 0.25) is 5.02 Å². The number of halogens is 1. The lowest BCUT2D eigenvalue weighted by molar-refractivity contribution is -0.124. The largest absolute Gasteiger partial charge is 0.356 e. The quantitative estimate of drug-likeness (QED) is 0.688. The van der Waals surface area contributed by atoms with Gasteiger partial charge in [0, 0.05) is 18.1 Å². The van der Waals surface area contributed by atoms with Crippen molar-refractivity contribution in [3.63, 3.8) is 0 Å². The first kappa shape index (κ1) is 17.7. The highest BCUT2D eigenvalue weighted by molar-refractivity contribution is 6.30. The Bertz CT molecular complexity index is 530. The first-order valence-corrected chi connectivity index (χ1v) is 9.36. The van der Waals surface area contributed by atoms with Crippen molar-refractivity contribution in [2.75, 3.05) is 32.7 Å². The molecular formula is C18H27ClN4O. The van der Waals surface area contributed by atoms with Gasteiger partial charge >= 0.3 is 0 Å². The van der Waals surface area contributed by atoms with Gasteiger partial charge in [0.05, 0.1) is 12.0 Å². The lowest BCUT2D eigenvalue weighted by atomic mass is 9.94. The maximum Gasteiger partial charge on any atom is 0.226 e. The van der Waals surface area contributed by atoms with Crippen molar-refractivity contribution >= 4 is 17.5 Å². The second-order valence-electron chi connectivity index (χ2n) is 6.71. The average Bonchev–Trinajstić information content (AvgIpc) is 3.10. The molecule has 3 N–H and O–H groups in total. The van der Waals surface area contributed by atoms with Crippen molar-refractivity contribution in [3.05, 3.63) is 34.9 Å². The van der Waals surface area contributed by atoms with E-state index in [0.717, 1.165) is 25.1 Å². The summed E-state index contributed by atoms with van der Waals surface area (Å²) in [5, 5.41) is 3.82. The Morgan fingerprint density at radius 3 is 2.71 bits per heavy atom. The summed E-state index contributed by atoms with van der Waals surface area (Å²) in [6.45, 7) is 4.90. The van der Waals surface area contributed by atoms with Crippen molar-refractivity contribution in [2.45, 2.75) is 31.7 Å². The van der Waals surface area contributed by atoms with E-state index in [4.69, 9.17) is 11.6 Å². The molecule has 6 heteroatoms. The van der Waals surface area contributed by atoms with Gasteiger partial charge in [0.2, 0.25) is 5.91 Å². The molecule has 2 saturated heterocycles. The minimum absolute atomic E-state index is 0.00985. The molecule has 0 radical (unpaired) electrons. The number of piperidine rings is 1. The van der Waals surface area contributed by atoms with Gasteiger partial charge in [-0.25, -0.2) is 5.43 Å². The zero-order valence-electron chi connectivity index (χ0n) is 14.1. The van der Waals surface area contributed by atoms with E-state index in [0.29, 0.717) is 11.6 Å². The lowest BCUT2D eigenvalue weighted by Gasteiger charge is -2.26. The van der Waals surface area contributed by atoms with Crippen LogP contribution in [0.4, 0.5) is 0 Å². The molecule has 0 spiro atoms. The van der Waals surface area contributed by atoms with Gasteiger partial charge in [-0.3, -0.25) is 10.2 Å². The van der Waals surface area contributed by atoms with E-state index >= 15 is 0 Å². The number of carbonyl (C=O) groups excluding carboxylic acids is 1. The molecule has 2 aliphatic rings. The molecule has 132 valence electrons. The minimum Gasteiger partial charge on any atom is -0.356 e. The van der Waals surface area contributed by atoms with Crippen molar-refractivity contribution in [2.24, 2.45) is 5.92 Å². The predicted molar refractivity (Wildman–Crippen MR) is 96.7 cm³/mol. The second-order valence-corrected chi connectivity index (χ2v) is 7.14. The van der Waals surface area contributed by atoms with Crippen LogP contribution >= 0.6 is 11.6 Å². The van der Waals surface area contributed by atoms with Crippen LogP contribution in [0.1, 0.15) is 37.3 Å². The highest BCUT2D eigenvalue weighted by atomic mass is 35.5. The fourth-order valence-corrected chi connectivity index (χ4v) is 3.68. The van der Waals surface area contributed by atoms with Crippen LogP contribution in [-0.2, 0) is 4.79 Å². The molecule has 2 unspecified atom stereocenters. The molecule has 1 aromatic rings. The molecule has 0 aliphatic carbocycles. The number of rotatable bonds is 6. The molecular weight excluding hydrogens is 324 g/mol. The van der Waals surface area contributed by atoms with Crippen LogP contribution in [0.25, 0.3) is 0 Å². The first-order valence-electron chi connectivity index (χ1n) is 8.98. The van der Waals surface area contributed by atoms with Gasteiger partial charge in [-0.1, -0.05) is 30.2 Å². The van der Waals surface area contributed by atoms with Crippen LogP contribution in [0.5, 0.6) is 0 Å². The molecule has 3 rings (SSSR count). The number of nitrogens with one attached hydrogen (secondary N) is 3. The normalized spacial score (nSPS) is 24.9. The summed E-state index contributed by atoms with van der Waals surface area (Å²) in [6, 6.07) is 7.67. The summed E-state index contributed by atoms with van der Waals surface area (Å²) in [6.07, 6.45) is 5.01. The standard InChI is InChI=1S/C18H27ClN4O/c19-15-7-5-14(6-8-15)17-16(13-21-22-17)18(24)20-9-4-12-23-10-2-1-3-11-23/h5-8,16-17,21-22H,1-4,9-13H2,(H,20,24). The lowest BCUT2D eigenvalue weighted by Crippen LogP contribution is -2.37.